The first kappa shape index (κ1) is 19.6. The summed E-state index contributed by atoms with van der Waals surface area (Å²) in [6.07, 6.45) is 1.18. The Hall–Kier alpha value is -2.70. The SMILES string of the molecule is CC(C)Oc1ccc(C(=O)Nc2nc(CN3CCc4ccccc4C3)cs2)cc1. The van der Waals surface area contributed by atoms with Crippen LogP contribution >= 0.6 is 11.3 Å². The number of thiazole rings is 1. The van der Waals surface area contributed by atoms with Crippen molar-refractivity contribution in [3.05, 3.63) is 76.3 Å². The summed E-state index contributed by atoms with van der Waals surface area (Å²) in [4.78, 5) is 19.5. The van der Waals surface area contributed by atoms with E-state index in [9.17, 15) is 4.79 Å². The van der Waals surface area contributed by atoms with Gasteiger partial charge >= 0.3 is 0 Å². The molecule has 0 saturated carbocycles. The molecule has 0 saturated heterocycles. The zero-order chi connectivity index (χ0) is 20.2. The van der Waals surface area contributed by atoms with Crippen LogP contribution in [0.1, 0.15) is 41.0 Å². The quantitative estimate of drug-likeness (QED) is 0.641. The number of carbonyl (C=O) groups excluding carboxylic acids is 1. The topological polar surface area (TPSA) is 54.5 Å². The van der Waals surface area contributed by atoms with E-state index in [1.165, 1.54) is 22.5 Å². The number of nitrogens with zero attached hydrogens (tertiary/aromatic N) is 2. The number of hydrogen-bond donors (Lipinski definition) is 1. The molecule has 1 aromatic heterocycles. The van der Waals surface area contributed by atoms with E-state index in [1.54, 1.807) is 12.1 Å². The monoisotopic (exact) mass is 407 g/mol. The van der Waals surface area contributed by atoms with Crippen LogP contribution in [0.5, 0.6) is 5.75 Å². The molecule has 0 radical (unpaired) electrons. The Kier molecular flexibility index (Phi) is 5.92. The fraction of sp³-hybridized carbons (Fsp3) is 0.304. The maximum Gasteiger partial charge on any atom is 0.257 e. The van der Waals surface area contributed by atoms with Crippen LogP contribution in [0.4, 0.5) is 5.13 Å². The highest BCUT2D eigenvalue weighted by molar-refractivity contribution is 7.13. The van der Waals surface area contributed by atoms with Gasteiger partial charge in [-0.1, -0.05) is 24.3 Å². The summed E-state index contributed by atoms with van der Waals surface area (Å²) in [6.45, 7) is 6.72. The van der Waals surface area contributed by atoms with Crippen LogP contribution in [0.15, 0.2) is 53.9 Å². The molecule has 0 bridgehead atoms. The zero-order valence-electron chi connectivity index (χ0n) is 16.7. The zero-order valence-corrected chi connectivity index (χ0v) is 17.5. The van der Waals surface area contributed by atoms with Crippen molar-refractivity contribution >= 4 is 22.4 Å². The predicted octanol–water partition coefficient (Wildman–Crippen LogP) is 4.74. The van der Waals surface area contributed by atoms with E-state index >= 15 is 0 Å². The Morgan fingerprint density at radius 1 is 1.17 bits per heavy atom. The lowest BCUT2D eigenvalue weighted by atomic mass is 10.00. The molecule has 0 unspecified atom stereocenters. The number of fused-ring (bicyclic) bond motifs is 1. The lowest BCUT2D eigenvalue weighted by Gasteiger charge is -2.27. The van der Waals surface area contributed by atoms with Gasteiger partial charge in [0, 0.05) is 30.6 Å². The average molecular weight is 408 g/mol. The summed E-state index contributed by atoms with van der Waals surface area (Å²) in [5, 5.41) is 5.55. The van der Waals surface area contributed by atoms with Crippen molar-refractivity contribution in [3.8, 4) is 5.75 Å². The number of benzene rings is 2. The third-order valence-electron chi connectivity index (χ3n) is 4.86. The summed E-state index contributed by atoms with van der Waals surface area (Å²) in [5.74, 6) is 0.602. The van der Waals surface area contributed by atoms with Gasteiger partial charge in [0.25, 0.3) is 5.91 Å². The third-order valence-corrected chi connectivity index (χ3v) is 5.66. The third kappa shape index (κ3) is 5.02. The van der Waals surface area contributed by atoms with Crippen molar-refractivity contribution in [1.29, 1.82) is 0 Å². The highest BCUT2D eigenvalue weighted by atomic mass is 32.1. The van der Waals surface area contributed by atoms with E-state index in [2.05, 4.69) is 39.5 Å². The molecule has 3 aromatic rings. The van der Waals surface area contributed by atoms with Gasteiger partial charge < -0.3 is 4.74 Å². The molecule has 2 aromatic carbocycles. The lowest BCUT2D eigenvalue weighted by Crippen LogP contribution is -2.30. The molecule has 4 rings (SSSR count). The fourth-order valence-electron chi connectivity index (χ4n) is 3.48. The van der Waals surface area contributed by atoms with E-state index in [4.69, 9.17) is 4.74 Å². The number of ether oxygens (including phenoxy) is 1. The molecule has 1 N–H and O–H groups in total. The Bertz CT molecular complexity index is 982. The van der Waals surface area contributed by atoms with Crippen molar-refractivity contribution in [2.45, 2.75) is 39.5 Å². The van der Waals surface area contributed by atoms with Crippen molar-refractivity contribution in [2.24, 2.45) is 0 Å². The minimum Gasteiger partial charge on any atom is -0.491 e. The first-order valence-corrected chi connectivity index (χ1v) is 10.8. The van der Waals surface area contributed by atoms with Gasteiger partial charge in [-0.3, -0.25) is 15.0 Å². The number of hydrogen-bond acceptors (Lipinski definition) is 5. The summed E-state index contributed by atoms with van der Waals surface area (Å²) in [7, 11) is 0. The van der Waals surface area contributed by atoms with Crippen LogP contribution in [0.25, 0.3) is 0 Å². The van der Waals surface area contributed by atoms with Gasteiger partial charge in [-0.2, -0.15) is 0 Å². The molecular formula is C23H25N3O2S. The number of rotatable bonds is 6. The molecule has 29 heavy (non-hydrogen) atoms. The number of carbonyl (C=O) groups is 1. The van der Waals surface area contributed by atoms with Gasteiger partial charge in [-0.15, -0.1) is 11.3 Å². The lowest BCUT2D eigenvalue weighted by molar-refractivity contribution is 0.102. The van der Waals surface area contributed by atoms with Crippen LogP contribution in [-0.2, 0) is 19.5 Å². The van der Waals surface area contributed by atoms with E-state index in [0.717, 1.165) is 37.5 Å². The molecule has 1 aliphatic heterocycles. The predicted molar refractivity (Wildman–Crippen MR) is 117 cm³/mol. The van der Waals surface area contributed by atoms with Crippen LogP contribution in [0.2, 0.25) is 0 Å². The van der Waals surface area contributed by atoms with Gasteiger partial charge in [-0.05, 0) is 55.7 Å². The van der Waals surface area contributed by atoms with Gasteiger partial charge in [0.05, 0.1) is 11.8 Å². The van der Waals surface area contributed by atoms with Crippen LogP contribution in [0.3, 0.4) is 0 Å². The normalized spacial score (nSPS) is 13.9. The van der Waals surface area contributed by atoms with Crippen molar-refractivity contribution in [2.75, 3.05) is 11.9 Å². The molecule has 0 spiro atoms. The Morgan fingerprint density at radius 3 is 2.69 bits per heavy atom. The molecule has 1 aliphatic rings. The second-order valence-corrected chi connectivity index (χ2v) is 8.38. The molecule has 5 nitrogen and oxygen atoms in total. The Balaban J connectivity index is 1.34. The fourth-order valence-corrected chi connectivity index (χ4v) is 4.18. The van der Waals surface area contributed by atoms with E-state index in [-0.39, 0.29) is 12.0 Å². The molecule has 6 heteroatoms. The second-order valence-electron chi connectivity index (χ2n) is 7.52. The van der Waals surface area contributed by atoms with Gasteiger partial charge in [0.1, 0.15) is 5.75 Å². The maximum absolute atomic E-state index is 12.5. The van der Waals surface area contributed by atoms with E-state index < -0.39 is 0 Å². The molecule has 1 amide bonds. The van der Waals surface area contributed by atoms with Gasteiger partial charge in [0.2, 0.25) is 0 Å². The highest BCUT2D eigenvalue weighted by Crippen LogP contribution is 2.23. The molecule has 0 fully saturated rings. The maximum atomic E-state index is 12.5. The minimum absolute atomic E-state index is 0.108. The Labute approximate surface area is 175 Å². The second kappa shape index (κ2) is 8.76. The summed E-state index contributed by atoms with van der Waals surface area (Å²) in [5.41, 5.74) is 4.42. The van der Waals surface area contributed by atoms with E-state index in [1.807, 2.05) is 31.4 Å². The van der Waals surface area contributed by atoms with Crippen LogP contribution in [-0.4, -0.2) is 28.4 Å². The van der Waals surface area contributed by atoms with Crippen LogP contribution < -0.4 is 10.1 Å². The molecular weight excluding hydrogens is 382 g/mol. The standard InChI is InChI=1S/C23H25N3O2S/c1-16(2)28-21-9-7-18(8-10-21)22(27)25-23-24-20(15-29-23)14-26-12-11-17-5-3-4-6-19(17)13-26/h3-10,15-16H,11-14H2,1-2H3,(H,24,25,27). The largest absolute Gasteiger partial charge is 0.491 e. The minimum atomic E-state index is -0.158. The van der Waals surface area contributed by atoms with Crippen LogP contribution in [0, 0.1) is 0 Å². The number of nitrogens with one attached hydrogen (secondary N) is 1. The smallest absolute Gasteiger partial charge is 0.257 e. The van der Waals surface area contributed by atoms with Gasteiger partial charge in [0.15, 0.2) is 5.13 Å². The van der Waals surface area contributed by atoms with Crippen molar-refractivity contribution < 1.29 is 9.53 Å². The Morgan fingerprint density at radius 2 is 1.93 bits per heavy atom. The van der Waals surface area contributed by atoms with Crippen molar-refractivity contribution in [3.63, 3.8) is 0 Å². The first-order valence-electron chi connectivity index (χ1n) is 9.88. The summed E-state index contributed by atoms with van der Waals surface area (Å²) in [6, 6.07) is 15.8. The first-order chi connectivity index (χ1) is 14.1. The average Bonchev–Trinajstić information content (AvgIpc) is 3.14. The number of anilines is 1. The van der Waals surface area contributed by atoms with E-state index in [0.29, 0.717) is 10.7 Å². The summed E-state index contributed by atoms with van der Waals surface area (Å²) < 4.78 is 5.62. The van der Waals surface area contributed by atoms with Crippen molar-refractivity contribution in [1.82, 2.24) is 9.88 Å². The van der Waals surface area contributed by atoms with Gasteiger partial charge in [-0.25, -0.2) is 4.98 Å². The number of aromatic nitrogens is 1. The molecule has 2 heterocycles. The highest BCUT2D eigenvalue weighted by Gasteiger charge is 2.17. The summed E-state index contributed by atoms with van der Waals surface area (Å²) >= 11 is 1.46. The molecule has 150 valence electrons. The molecule has 0 atom stereocenters. The molecule has 0 aliphatic carbocycles. The number of amides is 1.